The van der Waals surface area contributed by atoms with Crippen molar-refractivity contribution in [2.75, 3.05) is 6.54 Å². The van der Waals surface area contributed by atoms with Crippen molar-refractivity contribution < 1.29 is 9.90 Å². The van der Waals surface area contributed by atoms with Crippen LogP contribution in [-0.2, 0) is 4.79 Å². The zero-order valence-electron chi connectivity index (χ0n) is 10.3. The first-order valence-electron chi connectivity index (χ1n) is 6.11. The van der Waals surface area contributed by atoms with Gasteiger partial charge in [-0.05, 0) is 23.8 Å². The maximum atomic E-state index is 11.2. The Kier molecular flexibility index (Phi) is 2.80. The lowest BCUT2D eigenvalue weighted by atomic mass is 9.95. The summed E-state index contributed by atoms with van der Waals surface area (Å²) in [5.74, 6) is -0.865. The standard InChI is InChI=1S/C16H13NO2/c18-16(19)13-10-14(12-6-2-1-3-7-12)15-8-4-5-9-17(15)11-13/h1-10H,11H2,(H,18,19). The third-order valence-corrected chi connectivity index (χ3v) is 3.24. The number of aliphatic carboxylic acids is 1. The number of hydrogen-bond donors (Lipinski definition) is 1. The molecule has 0 radical (unpaired) electrons. The zero-order valence-corrected chi connectivity index (χ0v) is 10.3. The number of allylic oxidation sites excluding steroid dienone is 5. The Hall–Kier alpha value is -2.55. The molecular weight excluding hydrogens is 238 g/mol. The highest BCUT2D eigenvalue weighted by atomic mass is 16.4. The summed E-state index contributed by atoms with van der Waals surface area (Å²) >= 11 is 0. The van der Waals surface area contributed by atoms with E-state index in [1.807, 2.05) is 59.7 Å². The summed E-state index contributed by atoms with van der Waals surface area (Å²) in [5, 5.41) is 9.23. The third kappa shape index (κ3) is 2.10. The minimum atomic E-state index is -0.865. The molecular formula is C16H13NO2. The number of benzene rings is 1. The van der Waals surface area contributed by atoms with Crippen LogP contribution in [0.1, 0.15) is 5.56 Å². The second-order valence-electron chi connectivity index (χ2n) is 4.47. The molecule has 3 heteroatoms. The van der Waals surface area contributed by atoms with E-state index >= 15 is 0 Å². The molecule has 0 unspecified atom stereocenters. The van der Waals surface area contributed by atoms with Gasteiger partial charge in [0.2, 0.25) is 0 Å². The third-order valence-electron chi connectivity index (χ3n) is 3.24. The van der Waals surface area contributed by atoms with Crippen LogP contribution in [-0.4, -0.2) is 22.5 Å². The Morgan fingerprint density at radius 2 is 1.95 bits per heavy atom. The Morgan fingerprint density at radius 1 is 1.16 bits per heavy atom. The van der Waals surface area contributed by atoms with Gasteiger partial charge in [0.05, 0.1) is 12.1 Å². The number of nitrogens with zero attached hydrogens (tertiary/aromatic N) is 1. The van der Waals surface area contributed by atoms with Crippen LogP contribution < -0.4 is 0 Å². The lowest BCUT2D eigenvalue weighted by Crippen LogP contribution is -2.27. The minimum absolute atomic E-state index is 0.405. The Morgan fingerprint density at radius 3 is 2.68 bits per heavy atom. The molecule has 0 saturated heterocycles. The van der Waals surface area contributed by atoms with Crippen molar-refractivity contribution >= 4 is 11.5 Å². The van der Waals surface area contributed by atoms with E-state index < -0.39 is 5.97 Å². The molecule has 0 atom stereocenters. The first-order chi connectivity index (χ1) is 9.25. The van der Waals surface area contributed by atoms with Gasteiger partial charge in [0.15, 0.2) is 0 Å². The molecule has 1 aromatic carbocycles. The maximum Gasteiger partial charge on any atom is 0.333 e. The molecule has 0 bridgehead atoms. The van der Waals surface area contributed by atoms with Crippen LogP contribution in [0, 0.1) is 0 Å². The molecule has 94 valence electrons. The summed E-state index contributed by atoms with van der Waals surface area (Å²) in [5.41, 5.74) is 3.42. The molecule has 1 aromatic rings. The number of hydrogen-bond acceptors (Lipinski definition) is 2. The van der Waals surface area contributed by atoms with E-state index in [1.165, 1.54) is 0 Å². The second kappa shape index (κ2) is 4.61. The first kappa shape index (κ1) is 11.5. The van der Waals surface area contributed by atoms with Crippen molar-refractivity contribution in [2.45, 2.75) is 0 Å². The molecule has 0 fully saturated rings. The summed E-state index contributed by atoms with van der Waals surface area (Å²) in [6.45, 7) is 0.405. The summed E-state index contributed by atoms with van der Waals surface area (Å²) in [4.78, 5) is 13.2. The number of carbonyl (C=O) groups is 1. The van der Waals surface area contributed by atoms with E-state index in [0.29, 0.717) is 12.1 Å². The normalized spacial score (nSPS) is 17.3. The van der Waals surface area contributed by atoms with Gasteiger partial charge in [-0.1, -0.05) is 36.4 Å². The van der Waals surface area contributed by atoms with E-state index in [9.17, 15) is 9.90 Å². The molecule has 1 N–H and O–H groups in total. The van der Waals surface area contributed by atoms with Crippen molar-refractivity contribution in [3.05, 3.63) is 77.7 Å². The largest absolute Gasteiger partial charge is 0.478 e. The summed E-state index contributed by atoms with van der Waals surface area (Å²) in [6, 6.07) is 9.85. The average Bonchev–Trinajstić information content (AvgIpc) is 2.47. The highest BCUT2D eigenvalue weighted by molar-refractivity contribution is 5.94. The molecule has 3 nitrogen and oxygen atoms in total. The van der Waals surface area contributed by atoms with Crippen LogP contribution in [0.2, 0.25) is 0 Å². The molecule has 19 heavy (non-hydrogen) atoms. The fourth-order valence-electron chi connectivity index (χ4n) is 2.31. The van der Waals surface area contributed by atoms with Gasteiger partial charge in [-0.3, -0.25) is 0 Å². The number of carboxylic acids is 1. The van der Waals surface area contributed by atoms with E-state index in [1.54, 1.807) is 6.08 Å². The molecule has 3 rings (SSSR count). The van der Waals surface area contributed by atoms with Crippen molar-refractivity contribution in [1.29, 1.82) is 0 Å². The Bertz CT molecular complexity index is 636. The summed E-state index contributed by atoms with van der Waals surface area (Å²) < 4.78 is 0. The van der Waals surface area contributed by atoms with Crippen LogP contribution in [0.5, 0.6) is 0 Å². The monoisotopic (exact) mass is 251 g/mol. The Balaban J connectivity index is 2.16. The van der Waals surface area contributed by atoms with Crippen LogP contribution in [0.4, 0.5) is 0 Å². The highest BCUT2D eigenvalue weighted by Crippen LogP contribution is 2.31. The van der Waals surface area contributed by atoms with Crippen LogP contribution in [0.25, 0.3) is 5.57 Å². The molecule has 0 aromatic heterocycles. The minimum Gasteiger partial charge on any atom is -0.478 e. The van der Waals surface area contributed by atoms with Crippen LogP contribution in [0.3, 0.4) is 0 Å². The summed E-state index contributed by atoms with van der Waals surface area (Å²) in [6.07, 6.45) is 9.57. The van der Waals surface area contributed by atoms with Gasteiger partial charge in [-0.15, -0.1) is 0 Å². The topological polar surface area (TPSA) is 40.5 Å². The van der Waals surface area contributed by atoms with E-state index in [0.717, 1.165) is 16.8 Å². The molecule has 0 saturated carbocycles. The lowest BCUT2D eigenvalue weighted by Gasteiger charge is -2.30. The number of carboxylic acid groups (broad SMARTS) is 1. The van der Waals surface area contributed by atoms with E-state index in [-0.39, 0.29) is 0 Å². The van der Waals surface area contributed by atoms with Gasteiger partial charge in [0.25, 0.3) is 0 Å². The van der Waals surface area contributed by atoms with Crippen molar-refractivity contribution in [3.63, 3.8) is 0 Å². The highest BCUT2D eigenvalue weighted by Gasteiger charge is 2.22. The molecule has 2 heterocycles. The fraction of sp³-hybridized carbons (Fsp3) is 0.0625. The molecule has 0 spiro atoms. The SMILES string of the molecule is O=C(O)C1=CC(c2ccccc2)=C2C=CC=CN2C1. The predicted molar refractivity (Wildman–Crippen MR) is 74.1 cm³/mol. The predicted octanol–water partition coefficient (Wildman–Crippen LogP) is 2.81. The van der Waals surface area contributed by atoms with Gasteiger partial charge in [0.1, 0.15) is 0 Å². The van der Waals surface area contributed by atoms with Gasteiger partial charge in [-0.2, -0.15) is 0 Å². The molecule has 0 aliphatic carbocycles. The van der Waals surface area contributed by atoms with Gasteiger partial charge >= 0.3 is 5.97 Å². The van der Waals surface area contributed by atoms with E-state index in [4.69, 9.17) is 0 Å². The van der Waals surface area contributed by atoms with Crippen molar-refractivity contribution in [2.24, 2.45) is 0 Å². The maximum absolute atomic E-state index is 11.2. The summed E-state index contributed by atoms with van der Waals surface area (Å²) in [7, 11) is 0. The molecule has 0 amide bonds. The molecule has 2 aliphatic heterocycles. The van der Waals surface area contributed by atoms with Crippen molar-refractivity contribution in [3.8, 4) is 0 Å². The van der Waals surface area contributed by atoms with E-state index in [2.05, 4.69) is 0 Å². The number of rotatable bonds is 2. The smallest absolute Gasteiger partial charge is 0.333 e. The zero-order chi connectivity index (χ0) is 13.2. The quantitative estimate of drug-likeness (QED) is 0.878. The first-order valence-corrected chi connectivity index (χ1v) is 6.11. The van der Waals surface area contributed by atoms with Crippen LogP contribution in [0.15, 0.2) is 72.1 Å². The number of fused-ring (bicyclic) bond motifs is 1. The van der Waals surface area contributed by atoms with Gasteiger partial charge < -0.3 is 10.0 Å². The second-order valence-corrected chi connectivity index (χ2v) is 4.47. The average molecular weight is 251 g/mol. The van der Waals surface area contributed by atoms with Gasteiger partial charge in [0, 0.05) is 17.5 Å². The van der Waals surface area contributed by atoms with Crippen LogP contribution >= 0.6 is 0 Å². The lowest BCUT2D eigenvalue weighted by molar-refractivity contribution is -0.132. The molecule has 2 aliphatic rings. The fourth-order valence-corrected chi connectivity index (χ4v) is 2.31. The Labute approximate surface area is 111 Å². The van der Waals surface area contributed by atoms with Gasteiger partial charge in [-0.25, -0.2) is 4.79 Å². The van der Waals surface area contributed by atoms with Crippen molar-refractivity contribution in [1.82, 2.24) is 4.90 Å².